The van der Waals surface area contributed by atoms with E-state index in [1.165, 1.54) is 12.8 Å². The lowest BCUT2D eigenvalue weighted by Gasteiger charge is -2.16. The monoisotopic (exact) mass is 292 g/mol. The van der Waals surface area contributed by atoms with Gasteiger partial charge in [-0.25, -0.2) is 0 Å². The number of carbonyl (C=O) groups excluding carboxylic acids is 1. The van der Waals surface area contributed by atoms with Gasteiger partial charge < -0.3 is 20.1 Å². The third kappa shape index (κ3) is 6.04. The Balaban J connectivity index is 1.61. The largest absolute Gasteiger partial charge is 0.497 e. The quantitative estimate of drug-likeness (QED) is 0.725. The minimum absolute atomic E-state index is 0.0147. The molecule has 1 unspecified atom stereocenters. The zero-order valence-corrected chi connectivity index (χ0v) is 12.7. The summed E-state index contributed by atoms with van der Waals surface area (Å²) in [5.74, 6) is 2.37. The van der Waals surface area contributed by atoms with Crippen LogP contribution < -0.4 is 20.1 Å². The summed E-state index contributed by atoms with van der Waals surface area (Å²) in [4.78, 5) is 11.6. The Hall–Kier alpha value is -1.75. The zero-order valence-electron chi connectivity index (χ0n) is 12.7. The first-order chi connectivity index (χ1) is 10.2. The van der Waals surface area contributed by atoms with Gasteiger partial charge in [0.25, 0.3) is 0 Å². The van der Waals surface area contributed by atoms with Gasteiger partial charge in [-0.05, 0) is 56.5 Å². The van der Waals surface area contributed by atoms with Gasteiger partial charge in [-0.15, -0.1) is 0 Å². The van der Waals surface area contributed by atoms with E-state index in [9.17, 15) is 4.79 Å². The lowest BCUT2D eigenvalue weighted by atomic mass is 10.3. The smallest absolute Gasteiger partial charge is 0.234 e. The molecule has 116 valence electrons. The Morgan fingerprint density at radius 3 is 2.57 bits per heavy atom. The second-order valence-electron chi connectivity index (χ2n) is 5.48. The molecule has 5 nitrogen and oxygen atoms in total. The molecule has 1 aliphatic rings. The Kier molecular flexibility index (Phi) is 5.87. The summed E-state index contributed by atoms with van der Waals surface area (Å²) in [5.41, 5.74) is 0. The number of ether oxygens (including phenoxy) is 2. The second-order valence-corrected chi connectivity index (χ2v) is 5.48. The van der Waals surface area contributed by atoms with Gasteiger partial charge in [0.2, 0.25) is 5.91 Å². The normalized spacial score (nSPS) is 15.3. The first-order valence-corrected chi connectivity index (χ1v) is 7.45. The van der Waals surface area contributed by atoms with Gasteiger partial charge in [0, 0.05) is 0 Å². The van der Waals surface area contributed by atoms with Crippen molar-refractivity contribution in [1.82, 2.24) is 10.6 Å². The molecular weight excluding hydrogens is 268 g/mol. The molecule has 0 heterocycles. The van der Waals surface area contributed by atoms with Crippen LogP contribution in [0.2, 0.25) is 0 Å². The average Bonchev–Trinajstić information content (AvgIpc) is 3.30. The first kappa shape index (κ1) is 15.6. The number of rotatable bonds is 9. The van der Waals surface area contributed by atoms with E-state index in [4.69, 9.17) is 9.47 Å². The Morgan fingerprint density at radius 2 is 1.95 bits per heavy atom. The number of methoxy groups -OCH3 is 1. The van der Waals surface area contributed by atoms with Crippen molar-refractivity contribution in [2.75, 3.05) is 26.7 Å². The standard InChI is InChI=1S/C16H24N2O3/c1-12(21-15-7-5-14(20-2)6-8-15)9-18-16(19)11-17-10-13-3-4-13/h5-8,12-13,17H,3-4,9-11H2,1-2H3,(H,18,19). The van der Waals surface area contributed by atoms with Gasteiger partial charge in [-0.2, -0.15) is 0 Å². The average molecular weight is 292 g/mol. The van der Waals surface area contributed by atoms with Crippen LogP contribution in [0.15, 0.2) is 24.3 Å². The van der Waals surface area contributed by atoms with E-state index >= 15 is 0 Å². The fourth-order valence-corrected chi connectivity index (χ4v) is 1.96. The molecule has 1 saturated carbocycles. The maximum atomic E-state index is 11.6. The molecule has 21 heavy (non-hydrogen) atoms. The second kappa shape index (κ2) is 7.88. The van der Waals surface area contributed by atoms with Crippen LogP contribution in [0, 0.1) is 5.92 Å². The van der Waals surface area contributed by atoms with Crippen molar-refractivity contribution in [3.8, 4) is 11.5 Å². The number of benzene rings is 1. The van der Waals surface area contributed by atoms with Crippen LogP contribution in [0.4, 0.5) is 0 Å². The van der Waals surface area contributed by atoms with Crippen LogP contribution in [-0.4, -0.2) is 38.8 Å². The van der Waals surface area contributed by atoms with Gasteiger partial charge in [0.05, 0.1) is 20.2 Å². The number of hydrogen-bond donors (Lipinski definition) is 2. The summed E-state index contributed by atoms with van der Waals surface area (Å²) in [6, 6.07) is 7.41. The first-order valence-electron chi connectivity index (χ1n) is 7.45. The lowest BCUT2D eigenvalue weighted by Crippen LogP contribution is -2.39. The SMILES string of the molecule is COc1ccc(OC(C)CNC(=O)CNCC2CC2)cc1. The van der Waals surface area contributed by atoms with E-state index in [1.807, 2.05) is 31.2 Å². The van der Waals surface area contributed by atoms with Crippen molar-refractivity contribution in [2.45, 2.75) is 25.9 Å². The van der Waals surface area contributed by atoms with E-state index < -0.39 is 0 Å². The minimum atomic E-state index is -0.0780. The summed E-state index contributed by atoms with van der Waals surface area (Å²) >= 11 is 0. The van der Waals surface area contributed by atoms with Crippen molar-refractivity contribution in [1.29, 1.82) is 0 Å². The highest BCUT2D eigenvalue weighted by atomic mass is 16.5. The van der Waals surface area contributed by atoms with Crippen LogP contribution >= 0.6 is 0 Å². The van der Waals surface area contributed by atoms with E-state index in [1.54, 1.807) is 7.11 Å². The molecule has 0 saturated heterocycles. The van der Waals surface area contributed by atoms with Crippen LogP contribution in [0.3, 0.4) is 0 Å². The molecule has 0 radical (unpaired) electrons. The maximum absolute atomic E-state index is 11.6. The molecule has 1 aliphatic carbocycles. The molecule has 5 heteroatoms. The molecule has 1 aromatic carbocycles. The van der Waals surface area contributed by atoms with Crippen LogP contribution in [0.1, 0.15) is 19.8 Å². The highest BCUT2D eigenvalue weighted by molar-refractivity contribution is 5.77. The lowest BCUT2D eigenvalue weighted by molar-refractivity contribution is -0.120. The molecule has 0 bridgehead atoms. The van der Waals surface area contributed by atoms with Crippen molar-refractivity contribution >= 4 is 5.91 Å². The highest BCUT2D eigenvalue weighted by Crippen LogP contribution is 2.27. The number of amides is 1. The summed E-state index contributed by atoms with van der Waals surface area (Å²) in [6.07, 6.45) is 2.51. The molecule has 2 rings (SSSR count). The summed E-state index contributed by atoms with van der Waals surface area (Å²) in [6.45, 7) is 3.76. The van der Waals surface area contributed by atoms with Crippen LogP contribution in [0.5, 0.6) is 11.5 Å². The molecular formula is C16H24N2O3. The van der Waals surface area contributed by atoms with Gasteiger partial charge >= 0.3 is 0 Å². The Labute approximate surface area is 126 Å². The molecule has 2 N–H and O–H groups in total. The fraction of sp³-hybridized carbons (Fsp3) is 0.562. The van der Waals surface area contributed by atoms with Gasteiger partial charge in [0.1, 0.15) is 17.6 Å². The Morgan fingerprint density at radius 1 is 1.29 bits per heavy atom. The predicted molar refractivity (Wildman–Crippen MR) is 81.7 cm³/mol. The van der Waals surface area contributed by atoms with E-state index in [0.29, 0.717) is 13.1 Å². The molecule has 1 fully saturated rings. The Bertz CT molecular complexity index is 443. The molecule has 1 aromatic rings. The maximum Gasteiger partial charge on any atom is 0.234 e. The van der Waals surface area contributed by atoms with E-state index in [2.05, 4.69) is 10.6 Å². The summed E-state index contributed by atoms with van der Waals surface area (Å²) < 4.78 is 10.8. The third-order valence-corrected chi connectivity index (χ3v) is 3.40. The molecule has 1 atom stereocenters. The zero-order chi connectivity index (χ0) is 15.1. The van der Waals surface area contributed by atoms with E-state index in [-0.39, 0.29) is 12.0 Å². The highest BCUT2D eigenvalue weighted by Gasteiger charge is 2.20. The number of carbonyl (C=O) groups is 1. The van der Waals surface area contributed by atoms with Crippen molar-refractivity contribution < 1.29 is 14.3 Å². The number of hydrogen-bond acceptors (Lipinski definition) is 4. The fourth-order valence-electron chi connectivity index (χ4n) is 1.96. The predicted octanol–water partition coefficient (Wildman–Crippen LogP) is 1.58. The van der Waals surface area contributed by atoms with Crippen molar-refractivity contribution in [3.63, 3.8) is 0 Å². The third-order valence-electron chi connectivity index (χ3n) is 3.40. The van der Waals surface area contributed by atoms with Crippen molar-refractivity contribution in [2.24, 2.45) is 5.92 Å². The minimum Gasteiger partial charge on any atom is -0.497 e. The molecule has 0 aliphatic heterocycles. The summed E-state index contributed by atoms with van der Waals surface area (Å²) in [7, 11) is 1.63. The van der Waals surface area contributed by atoms with E-state index in [0.717, 1.165) is 24.0 Å². The topological polar surface area (TPSA) is 59.6 Å². The van der Waals surface area contributed by atoms with Crippen molar-refractivity contribution in [3.05, 3.63) is 24.3 Å². The van der Waals surface area contributed by atoms with Gasteiger partial charge in [-0.3, -0.25) is 4.79 Å². The molecule has 1 amide bonds. The molecule has 0 spiro atoms. The number of nitrogens with one attached hydrogen (secondary N) is 2. The van der Waals surface area contributed by atoms with Crippen LogP contribution in [0.25, 0.3) is 0 Å². The van der Waals surface area contributed by atoms with Gasteiger partial charge in [0.15, 0.2) is 0 Å². The van der Waals surface area contributed by atoms with Crippen LogP contribution in [-0.2, 0) is 4.79 Å². The van der Waals surface area contributed by atoms with Gasteiger partial charge in [-0.1, -0.05) is 0 Å². The summed E-state index contributed by atoms with van der Waals surface area (Å²) in [5, 5.41) is 6.03. The molecule has 0 aromatic heterocycles.